The van der Waals surface area contributed by atoms with Crippen LogP contribution in [0.15, 0.2) is 18.7 Å². The molecule has 1 amide bonds. The van der Waals surface area contributed by atoms with E-state index in [9.17, 15) is 13.2 Å². The molecule has 0 aliphatic carbocycles. The topological polar surface area (TPSA) is 109 Å². The molecule has 1 aliphatic heterocycles. The van der Waals surface area contributed by atoms with Crippen LogP contribution < -0.4 is 5.73 Å². The van der Waals surface area contributed by atoms with E-state index in [4.69, 9.17) is 5.73 Å². The van der Waals surface area contributed by atoms with Crippen LogP contribution in [0.4, 0.5) is 0 Å². The zero-order valence-corrected chi connectivity index (χ0v) is 12.7. The van der Waals surface area contributed by atoms with E-state index in [-0.39, 0.29) is 6.54 Å². The van der Waals surface area contributed by atoms with Crippen LogP contribution in [0.3, 0.4) is 0 Å². The quantitative estimate of drug-likeness (QED) is 0.736. The van der Waals surface area contributed by atoms with Gasteiger partial charge in [0.05, 0.1) is 12.2 Å². The molecular formula is C12H19N5O3S. The van der Waals surface area contributed by atoms with Crippen molar-refractivity contribution < 1.29 is 13.2 Å². The first kappa shape index (κ1) is 15.8. The number of carbonyl (C=O) groups excluding carboxylic acids is 1. The van der Waals surface area contributed by atoms with E-state index in [1.54, 1.807) is 12.4 Å². The van der Waals surface area contributed by atoms with Crippen molar-refractivity contribution in [1.29, 1.82) is 0 Å². The second-order valence-corrected chi connectivity index (χ2v) is 7.18. The molecule has 8 nitrogen and oxygen atoms in total. The summed E-state index contributed by atoms with van der Waals surface area (Å²) in [5.74, 6) is -1.01. The standard InChI is InChI=1S/C12H19N5O3S/c1-21(19,20)17-3-2-16(7-11(8-17)12(13)18)6-10-4-14-9-15-5-10/h4-5,9,11H,2-3,6-8H2,1H3,(H2,13,18)/t11-/m0/s1. The molecule has 1 aliphatic rings. The van der Waals surface area contributed by atoms with E-state index in [0.717, 1.165) is 11.8 Å². The monoisotopic (exact) mass is 313 g/mol. The van der Waals surface area contributed by atoms with Gasteiger partial charge in [0.2, 0.25) is 15.9 Å². The highest BCUT2D eigenvalue weighted by Crippen LogP contribution is 2.14. The lowest BCUT2D eigenvalue weighted by Crippen LogP contribution is -2.40. The molecule has 1 saturated heterocycles. The Balaban J connectivity index is 2.12. The van der Waals surface area contributed by atoms with Gasteiger partial charge in [-0.25, -0.2) is 22.7 Å². The van der Waals surface area contributed by atoms with Crippen LogP contribution in [0.1, 0.15) is 5.56 Å². The van der Waals surface area contributed by atoms with Crippen molar-refractivity contribution in [2.45, 2.75) is 6.54 Å². The number of hydrogen-bond acceptors (Lipinski definition) is 6. The molecule has 21 heavy (non-hydrogen) atoms. The maximum absolute atomic E-state index is 11.7. The van der Waals surface area contributed by atoms with Gasteiger partial charge in [0.15, 0.2) is 0 Å². The summed E-state index contributed by atoms with van der Waals surface area (Å²) in [4.78, 5) is 21.4. The second-order valence-electron chi connectivity index (χ2n) is 5.20. The molecule has 1 atom stereocenters. The van der Waals surface area contributed by atoms with E-state index >= 15 is 0 Å². The van der Waals surface area contributed by atoms with Crippen molar-refractivity contribution in [3.63, 3.8) is 0 Å². The van der Waals surface area contributed by atoms with Crippen LogP contribution in [0, 0.1) is 5.92 Å². The lowest BCUT2D eigenvalue weighted by atomic mass is 10.1. The van der Waals surface area contributed by atoms with Crippen LogP contribution in [0.2, 0.25) is 0 Å². The van der Waals surface area contributed by atoms with Crippen LogP contribution >= 0.6 is 0 Å². The summed E-state index contributed by atoms with van der Waals surface area (Å²) in [6, 6.07) is 0. The number of hydrogen-bond donors (Lipinski definition) is 1. The average Bonchev–Trinajstić information content (AvgIpc) is 2.62. The Morgan fingerprint density at radius 1 is 1.33 bits per heavy atom. The van der Waals surface area contributed by atoms with E-state index in [2.05, 4.69) is 9.97 Å². The molecule has 1 aromatic rings. The largest absolute Gasteiger partial charge is 0.369 e. The van der Waals surface area contributed by atoms with Gasteiger partial charge in [-0.05, 0) is 0 Å². The van der Waals surface area contributed by atoms with Gasteiger partial charge in [0.25, 0.3) is 0 Å². The number of rotatable bonds is 4. The number of aromatic nitrogens is 2. The Labute approximate surface area is 124 Å². The molecule has 9 heteroatoms. The minimum atomic E-state index is -3.34. The van der Waals surface area contributed by atoms with Crippen LogP contribution in [0.5, 0.6) is 0 Å². The van der Waals surface area contributed by atoms with Gasteiger partial charge in [-0.1, -0.05) is 0 Å². The Kier molecular flexibility index (Phi) is 4.86. The Morgan fingerprint density at radius 3 is 2.57 bits per heavy atom. The summed E-state index contributed by atoms with van der Waals surface area (Å²) >= 11 is 0. The summed E-state index contributed by atoms with van der Waals surface area (Å²) in [6.45, 7) is 2.00. The van der Waals surface area contributed by atoms with Gasteiger partial charge >= 0.3 is 0 Å². The highest BCUT2D eigenvalue weighted by molar-refractivity contribution is 7.88. The summed E-state index contributed by atoms with van der Waals surface area (Å²) in [6.07, 6.45) is 5.99. The predicted molar refractivity (Wildman–Crippen MR) is 76.4 cm³/mol. The third-order valence-electron chi connectivity index (χ3n) is 3.46. The maximum atomic E-state index is 11.7. The van der Waals surface area contributed by atoms with Crippen molar-refractivity contribution in [2.75, 3.05) is 32.4 Å². The van der Waals surface area contributed by atoms with Crippen LogP contribution in [0.25, 0.3) is 0 Å². The molecule has 2 rings (SSSR count). The molecule has 1 aromatic heterocycles. The zero-order chi connectivity index (χ0) is 15.5. The number of amides is 1. The summed E-state index contributed by atoms with van der Waals surface area (Å²) in [7, 11) is -3.34. The van der Waals surface area contributed by atoms with Crippen molar-refractivity contribution in [1.82, 2.24) is 19.2 Å². The van der Waals surface area contributed by atoms with E-state index in [0.29, 0.717) is 26.2 Å². The molecule has 0 radical (unpaired) electrons. The smallest absolute Gasteiger partial charge is 0.223 e. The summed E-state index contributed by atoms with van der Waals surface area (Å²) in [5, 5.41) is 0. The van der Waals surface area contributed by atoms with E-state index in [1.165, 1.54) is 10.6 Å². The normalized spacial score (nSPS) is 21.9. The molecule has 1 fully saturated rings. The molecule has 0 bridgehead atoms. The van der Waals surface area contributed by atoms with Gasteiger partial charge in [-0.15, -0.1) is 0 Å². The molecule has 0 aromatic carbocycles. The van der Waals surface area contributed by atoms with Gasteiger partial charge in [0.1, 0.15) is 6.33 Å². The van der Waals surface area contributed by atoms with E-state index < -0.39 is 21.8 Å². The van der Waals surface area contributed by atoms with Crippen molar-refractivity contribution in [3.8, 4) is 0 Å². The Hall–Kier alpha value is -1.58. The third kappa shape index (κ3) is 4.45. The Morgan fingerprint density at radius 2 is 2.00 bits per heavy atom. The fourth-order valence-electron chi connectivity index (χ4n) is 2.35. The number of primary amides is 1. The fourth-order valence-corrected chi connectivity index (χ4v) is 3.21. The highest BCUT2D eigenvalue weighted by Gasteiger charge is 2.30. The first-order chi connectivity index (χ1) is 9.86. The Bertz CT molecular complexity index is 592. The minimum Gasteiger partial charge on any atom is -0.369 e. The number of nitrogens with zero attached hydrogens (tertiary/aromatic N) is 4. The number of sulfonamides is 1. The molecule has 0 unspecified atom stereocenters. The summed E-state index contributed by atoms with van der Waals surface area (Å²) < 4.78 is 24.7. The fraction of sp³-hybridized carbons (Fsp3) is 0.583. The lowest BCUT2D eigenvalue weighted by molar-refractivity contribution is -0.122. The molecular weight excluding hydrogens is 294 g/mol. The minimum absolute atomic E-state index is 0.135. The van der Waals surface area contributed by atoms with Crippen molar-refractivity contribution >= 4 is 15.9 Å². The van der Waals surface area contributed by atoms with Gasteiger partial charge in [-0.3, -0.25) is 9.69 Å². The number of nitrogens with two attached hydrogens (primary N) is 1. The SMILES string of the molecule is CS(=O)(=O)N1CCN(Cc2cncnc2)C[C@H](C(N)=O)C1. The van der Waals surface area contributed by atoms with Crippen molar-refractivity contribution in [3.05, 3.63) is 24.3 Å². The van der Waals surface area contributed by atoms with Gasteiger partial charge < -0.3 is 5.73 Å². The molecule has 2 N–H and O–H groups in total. The lowest BCUT2D eigenvalue weighted by Gasteiger charge is -2.21. The summed E-state index contributed by atoms with van der Waals surface area (Å²) in [5.41, 5.74) is 6.30. The van der Waals surface area contributed by atoms with Gasteiger partial charge in [0, 0.05) is 50.7 Å². The molecule has 116 valence electrons. The van der Waals surface area contributed by atoms with Crippen LogP contribution in [-0.2, 0) is 21.4 Å². The maximum Gasteiger partial charge on any atom is 0.223 e. The highest BCUT2D eigenvalue weighted by atomic mass is 32.2. The second kappa shape index (κ2) is 6.46. The molecule has 2 heterocycles. The number of carbonyl (C=O) groups is 1. The van der Waals surface area contributed by atoms with Gasteiger partial charge in [-0.2, -0.15) is 0 Å². The predicted octanol–water partition coefficient (Wildman–Crippen LogP) is -1.34. The first-order valence-corrected chi connectivity index (χ1v) is 8.42. The van der Waals surface area contributed by atoms with E-state index in [1.807, 2.05) is 4.90 Å². The average molecular weight is 313 g/mol. The van der Waals surface area contributed by atoms with Crippen LogP contribution in [-0.4, -0.2) is 65.9 Å². The third-order valence-corrected chi connectivity index (χ3v) is 4.73. The molecule has 0 saturated carbocycles. The van der Waals surface area contributed by atoms with Crippen molar-refractivity contribution in [2.24, 2.45) is 11.7 Å². The zero-order valence-electron chi connectivity index (χ0n) is 11.8. The molecule has 0 spiro atoms. The first-order valence-electron chi connectivity index (χ1n) is 6.57.